The van der Waals surface area contributed by atoms with Crippen molar-refractivity contribution in [3.63, 3.8) is 0 Å². The monoisotopic (exact) mass is 347 g/mol. The van der Waals surface area contributed by atoms with Gasteiger partial charge < -0.3 is 5.73 Å². The van der Waals surface area contributed by atoms with Crippen molar-refractivity contribution in [1.29, 1.82) is 0 Å². The first-order valence-electron chi connectivity index (χ1n) is 6.04. The minimum Gasteiger partial charge on any atom is -0.383 e. The van der Waals surface area contributed by atoms with Crippen LogP contribution in [0.4, 0.5) is 5.82 Å². The van der Waals surface area contributed by atoms with E-state index in [4.69, 9.17) is 17.3 Å². The van der Waals surface area contributed by atoms with E-state index >= 15 is 0 Å². The molecule has 20 heavy (non-hydrogen) atoms. The summed E-state index contributed by atoms with van der Waals surface area (Å²) in [6.07, 6.45) is 0. The highest BCUT2D eigenvalue weighted by molar-refractivity contribution is 9.10. The zero-order chi connectivity index (χ0) is 14.3. The van der Waals surface area contributed by atoms with E-state index in [9.17, 15) is 0 Å². The van der Waals surface area contributed by atoms with E-state index in [1.54, 1.807) is 0 Å². The molecule has 0 aliphatic rings. The van der Waals surface area contributed by atoms with Crippen molar-refractivity contribution in [3.05, 3.63) is 51.5 Å². The van der Waals surface area contributed by atoms with Crippen molar-refractivity contribution >= 4 is 44.3 Å². The van der Waals surface area contributed by atoms with Crippen molar-refractivity contribution in [2.24, 2.45) is 0 Å². The van der Waals surface area contributed by atoms with E-state index in [1.807, 2.05) is 43.3 Å². The summed E-state index contributed by atoms with van der Waals surface area (Å²) in [6, 6.07) is 11.4. The highest BCUT2D eigenvalue weighted by Gasteiger charge is 2.10. The maximum atomic E-state index is 6.05. The highest BCUT2D eigenvalue weighted by Crippen LogP contribution is 2.28. The number of halogens is 2. The Bertz CT molecular complexity index is 818. The number of fused-ring (bicyclic) bond motifs is 1. The lowest BCUT2D eigenvalue weighted by Crippen LogP contribution is -1.99. The summed E-state index contributed by atoms with van der Waals surface area (Å²) in [5, 5.41) is 1.49. The van der Waals surface area contributed by atoms with E-state index < -0.39 is 0 Å². The summed E-state index contributed by atoms with van der Waals surface area (Å²) in [7, 11) is 0. The van der Waals surface area contributed by atoms with Crippen molar-refractivity contribution in [3.8, 4) is 11.4 Å². The Morgan fingerprint density at radius 2 is 1.90 bits per heavy atom. The second kappa shape index (κ2) is 5.04. The third kappa shape index (κ3) is 2.37. The molecule has 0 saturated carbocycles. The summed E-state index contributed by atoms with van der Waals surface area (Å²) < 4.78 is 0.951. The second-order valence-electron chi connectivity index (χ2n) is 4.55. The minimum atomic E-state index is 0.464. The van der Waals surface area contributed by atoms with Crippen molar-refractivity contribution in [2.75, 3.05) is 5.73 Å². The molecule has 3 rings (SSSR count). The number of aryl methyl sites for hydroxylation is 1. The van der Waals surface area contributed by atoms with Gasteiger partial charge in [0, 0.05) is 20.4 Å². The Balaban J connectivity index is 2.27. The summed E-state index contributed by atoms with van der Waals surface area (Å²) in [6.45, 7) is 2.00. The summed E-state index contributed by atoms with van der Waals surface area (Å²) in [5.74, 6) is 1.06. The Morgan fingerprint density at radius 1 is 1.10 bits per heavy atom. The summed E-state index contributed by atoms with van der Waals surface area (Å²) >= 11 is 9.48. The molecule has 0 spiro atoms. The molecule has 0 amide bonds. The highest BCUT2D eigenvalue weighted by atomic mass is 79.9. The van der Waals surface area contributed by atoms with E-state index in [2.05, 4.69) is 25.9 Å². The van der Waals surface area contributed by atoms with Crippen LogP contribution in [0.2, 0.25) is 5.02 Å². The van der Waals surface area contributed by atoms with Crippen LogP contribution in [-0.4, -0.2) is 9.97 Å². The Hall–Kier alpha value is -1.65. The van der Waals surface area contributed by atoms with Crippen LogP contribution in [0, 0.1) is 6.92 Å². The number of rotatable bonds is 1. The lowest BCUT2D eigenvalue weighted by atomic mass is 10.1. The van der Waals surface area contributed by atoms with Gasteiger partial charge in [-0.3, -0.25) is 0 Å². The normalized spacial score (nSPS) is 10.9. The number of hydrogen-bond acceptors (Lipinski definition) is 3. The largest absolute Gasteiger partial charge is 0.383 e. The summed E-state index contributed by atoms with van der Waals surface area (Å²) in [4.78, 5) is 8.98. The number of aromatic nitrogens is 2. The van der Waals surface area contributed by atoms with Gasteiger partial charge in [0.25, 0.3) is 0 Å². The molecule has 2 N–H and O–H groups in total. The molecule has 1 heterocycles. The Kier molecular flexibility index (Phi) is 3.36. The topological polar surface area (TPSA) is 51.8 Å². The Morgan fingerprint density at radius 3 is 2.70 bits per heavy atom. The van der Waals surface area contributed by atoms with Crippen LogP contribution >= 0.6 is 27.5 Å². The molecule has 0 bridgehead atoms. The van der Waals surface area contributed by atoms with Crippen molar-refractivity contribution in [1.82, 2.24) is 9.97 Å². The zero-order valence-electron chi connectivity index (χ0n) is 10.7. The molecule has 0 aliphatic heterocycles. The van der Waals surface area contributed by atoms with Crippen molar-refractivity contribution < 1.29 is 0 Å². The molecule has 0 fully saturated rings. The van der Waals surface area contributed by atoms with Gasteiger partial charge in [-0.05, 0) is 42.8 Å². The third-order valence-corrected chi connectivity index (χ3v) is 3.86. The van der Waals surface area contributed by atoms with Crippen LogP contribution in [0.15, 0.2) is 40.9 Å². The second-order valence-corrected chi connectivity index (χ2v) is 5.91. The molecule has 0 radical (unpaired) electrons. The molecule has 0 aliphatic carbocycles. The van der Waals surface area contributed by atoms with Gasteiger partial charge >= 0.3 is 0 Å². The predicted octanol–water partition coefficient (Wildman–Crippen LogP) is 4.60. The lowest BCUT2D eigenvalue weighted by molar-refractivity contribution is 1.22. The number of nitrogen functional groups attached to an aromatic ring is 1. The molecule has 2 aromatic carbocycles. The van der Waals surface area contributed by atoms with Gasteiger partial charge in [0.1, 0.15) is 5.82 Å². The number of anilines is 1. The van der Waals surface area contributed by atoms with E-state index in [0.717, 1.165) is 26.5 Å². The quantitative estimate of drug-likeness (QED) is 0.699. The molecule has 3 aromatic rings. The fraction of sp³-hybridized carbons (Fsp3) is 0.0667. The van der Waals surface area contributed by atoms with Crippen LogP contribution < -0.4 is 5.73 Å². The molecular weight excluding hydrogens is 338 g/mol. The predicted molar refractivity (Wildman–Crippen MR) is 86.8 cm³/mol. The van der Waals surface area contributed by atoms with Gasteiger partial charge in [0.2, 0.25) is 0 Å². The van der Waals surface area contributed by atoms with Crippen LogP contribution in [0.25, 0.3) is 22.3 Å². The standard InChI is InChI=1S/C15H11BrClN3/c1-8-2-4-10(17)7-11(8)15-19-13-5-3-9(16)6-12(13)14(18)20-15/h2-7H,1H3,(H2,18,19,20). The first-order valence-corrected chi connectivity index (χ1v) is 7.21. The fourth-order valence-electron chi connectivity index (χ4n) is 2.08. The smallest absolute Gasteiger partial charge is 0.162 e. The average Bonchev–Trinajstić information content (AvgIpc) is 2.42. The third-order valence-electron chi connectivity index (χ3n) is 3.13. The number of benzene rings is 2. The van der Waals surface area contributed by atoms with E-state index in [1.165, 1.54) is 0 Å². The van der Waals surface area contributed by atoms with Gasteiger partial charge in [-0.1, -0.05) is 33.6 Å². The fourth-order valence-corrected chi connectivity index (χ4v) is 2.61. The first kappa shape index (κ1) is 13.3. The summed E-state index contributed by atoms with van der Waals surface area (Å²) in [5.41, 5.74) is 8.82. The van der Waals surface area contributed by atoms with Crippen molar-refractivity contribution in [2.45, 2.75) is 6.92 Å². The molecular formula is C15H11BrClN3. The number of nitrogens with two attached hydrogens (primary N) is 1. The molecule has 0 saturated heterocycles. The van der Waals surface area contributed by atoms with Gasteiger partial charge in [-0.15, -0.1) is 0 Å². The van der Waals surface area contributed by atoms with Gasteiger partial charge in [0.05, 0.1) is 5.52 Å². The van der Waals surface area contributed by atoms with E-state index in [0.29, 0.717) is 16.7 Å². The van der Waals surface area contributed by atoms with E-state index in [-0.39, 0.29) is 0 Å². The molecule has 0 unspecified atom stereocenters. The molecule has 3 nitrogen and oxygen atoms in total. The minimum absolute atomic E-state index is 0.464. The lowest BCUT2D eigenvalue weighted by Gasteiger charge is -2.08. The van der Waals surface area contributed by atoms with Gasteiger partial charge in [-0.25, -0.2) is 9.97 Å². The Labute approximate surface area is 129 Å². The maximum Gasteiger partial charge on any atom is 0.162 e. The maximum absolute atomic E-state index is 6.05. The molecule has 100 valence electrons. The van der Waals surface area contributed by atoms with Crippen LogP contribution in [0.3, 0.4) is 0 Å². The first-order chi connectivity index (χ1) is 9.54. The van der Waals surface area contributed by atoms with Crippen LogP contribution in [-0.2, 0) is 0 Å². The average molecular weight is 349 g/mol. The van der Waals surface area contributed by atoms with Gasteiger partial charge in [-0.2, -0.15) is 0 Å². The number of nitrogens with zero attached hydrogens (tertiary/aromatic N) is 2. The van der Waals surface area contributed by atoms with Gasteiger partial charge in [0.15, 0.2) is 5.82 Å². The molecule has 1 aromatic heterocycles. The zero-order valence-corrected chi connectivity index (χ0v) is 13.0. The van der Waals surface area contributed by atoms with Crippen LogP contribution in [0.5, 0.6) is 0 Å². The molecule has 5 heteroatoms. The SMILES string of the molecule is Cc1ccc(Cl)cc1-c1nc(N)c2cc(Br)ccc2n1. The molecule has 0 atom stereocenters. The number of hydrogen-bond donors (Lipinski definition) is 1. The van der Waals surface area contributed by atoms with Crippen LogP contribution in [0.1, 0.15) is 5.56 Å².